The standard InChI is InChI=1S/C30H27FN2O4/c1-20-17-26(21(2)33(20)25-15-13-24(31)14-16-25)28(34)19-37-29(35)18-27(22-9-5-3-6-10-22)32-30(36)23-11-7-4-8-12-23/h3-17,27H,18-19H2,1-2H3,(H,32,36). The molecule has 1 unspecified atom stereocenters. The average molecular weight is 499 g/mol. The third kappa shape index (κ3) is 6.19. The number of hydrogen-bond donors (Lipinski definition) is 1. The zero-order valence-electron chi connectivity index (χ0n) is 20.6. The Morgan fingerprint density at radius 3 is 2.16 bits per heavy atom. The predicted octanol–water partition coefficient (Wildman–Crippen LogP) is 5.52. The zero-order chi connectivity index (χ0) is 26.4. The monoisotopic (exact) mass is 498 g/mol. The summed E-state index contributed by atoms with van der Waals surface area (Å²) in [5.74, 6) is -1.61. The second kappa shape index (κ2) is 11.5. The number of ether oxygens (including phenoxy) is 1. The molecule has 7 heteroatoms. The number of rotatable bonds is 9. The smallest absolute Gasteiger partial charge is 0.308 e. The lowest BCUT2D eigenvalue weighted by molar-refractivity contribution is -0.143. The van der Waals surface area contributed by atoms with Gasteiger partial charge in [-0.1, -0.05) is 48.5 Å². The molecule has 3 aromatic carbocycles. The Morgan fingerprint density at radius 2 is 1.51 bits per heavy atom. The maximum atomic E-state index is 13.3. The fourth-order valence-electron chi connectivity index (χ4n) is 4.25. The molecule has 188 valence electrons. The van der Waals surface area contributed by atoms with Crippen LogP contribution in [0, 0.1) is 19.7 Å². The molecular weight excluding hydrogens is 471 g/mol. The fraction of sp³-hybridized carbons (Fsp3) is 0.167. The number of Topliss-reactive ketones (excluding diaryl/α,β-unsaturated/α-hetero) is 1. The van der Waals surface area contributed by atoms with Crippen LogP contribution in [0.3, 0.4) is 0 Å². The molecule has 0 saturated heterocycles. The number of amides is 1. The van der Waals surface area contributed by atoms with E-state index >= 15 is 0 Å². The van der Waals surface area contributed by atoms with Crippen LogP contribution in [0.25, 0.3) is 5.69 Å². The first-order valence-electron chi connectivity index (χ1n) is 11.9. The van der Waals surface area contributed by atoms with Gasteiger partial charge in [-0.25, -0.2) is 4.39 Å². The first kappa shape index (κ1) is 25.6. The Kier molecular flexibility index (Phi) is 7.93. The van der Waals surface area contributed by atoms with Crippen molar-refractivity contribution in [2.24, 2.45) is 0 Å². The Morgan fingerprint density at radius 1 is 0.892 bits per heavy atom. The summed E-state index contributed by atoms with van der Waals surface area (Å²) in [4.78, 5) is 38.4. The fourth-order valence-corrected chi connectivity index (χ4v) is 4.25. The van der Waals surface area contributed by atoms with E-state index in [2.05, 4.69) is 5.32 Å². The number of nitrogens with zero attached hydrogens (tertiary/aromatic N) is 1. The van der Waals surface area contributed by atoms with Crippen molar-refractivity contribution in [3.63, 3.8) is 0 Å². The molecule has 1 amide bonds. The van der Waals surface area contributed by atoms with E-state index in [-0.39, 0.29) is 23.9 Å². The number of hydrogen-bond acceptors (Lipinski definition) is 4. The number of carbonyl (C=O) groups is 3. The minimum atomic E-state index is -0.625. The van der Waals surface area contributed by atoms with E-state index in [1.807, 2.05) is 47.9 Å². The van der Waals surface area contributed by atoms with Crippen LogP contribution in [0.4, 0.5) is 4.39 Å². The Hall–Kier alpha value is -4.52. The van der Waals surface area contributed by atoms with Crippen molar-refractivity contribution < 1.29 is 23.5 Å². The van der Waals surface area contributed by atoms with Crippen molar-refractivity contribution in [1.82, 2.24) is 9.88 Å². The molecule has 1 N–H and O–H groups in total. The van der Waals surface area contributed by atoms with Crippen molar-refractivity contribution in [3.05, 3.63) is 125 Å². The molecule has 4 aromatic rings. The number of esters is 1. The van der Waals surface area contributed by atoms with Gasteiger partial charge in [-0.05, 0) is 61.9 Å². The number of ketones is 1. The van der Waals surface area contributed by atoms with Crippen LogP contribution in [0.1, 0.15) is 50.1 Å². The topological polar surface area (TPSA) is 77.4 Å². The number of nitrogens with one attached hydrogen (secondary N) is 1. The lowest BCUT2D eigenvalue weighted by Crippen LogP contribution is -2.31. The average Bonchev–Trinajstić information content (AvgIpc) is 3.22. The minimum Gasteiger partial charge on any atom is -0.457 e. The highest BCUT2D eigenvalue weighted by Gasteiger charge is 2.22. The molecule has 0 aliphatic carbocycles. The lowest BCUT2D eigenvalue weighted by atomic mass is 10.0. The van der Waals surface area contributed by atoms with Crippen LogP contribution < -0.4 is 5.32 Å². The van der Waals surface area contributed by atoms with Crippen LogP contribution in [0.2, 0.25) is 0 Å². The van der Waals surface area contributed by atoms with E-state index < -0.39 is 18.6 Å². The Bertz CT molecular complexity index is 1400. The zero-order valence-corrected chi connectivity index (χ0v) is 20.6. The molecule has 0 saturated carbocycles. The normalized spacial score (nSPS) is 11.5. The molecule has 1 heterocycles. The molecular formula is C30H27FN2O4. The van der Waals surface area contributed by atoms with Crippen molar-refractivity contribution in [2.75, 3.05) is 6.61 Å². The van der Waals surface area contributed by atoms with Gasteiger partial charge in [-0.2, -0.15) is 0 Å². The SMILES string of the molecule is Cc1cc(C(=O)COC(=O)CC(NC(=O)c2ccccc2)c2ccccc2)c(C)n1-c1ccc(F)cc1. The van der Waals surface area contributed by atoms with Crippen molar-refractivity contribution in [1.29, 1.82) is 0 Å². The molecule has 0 spiro atoms. The quantitative estimate of drug-likeness (QED) is 0.244. The molecule has 6 nitrogen and oxygen atoms in total. The number of aromatic nitrogens is 1. The Labute approximate surface area is 214 Å². The van der Waals surface area contributed by atoms with Crippen LogP contribution in [0.15, 0.2) is 91.0 Å². The second-order valence-corrected chi connectivity index (χ2v) is 8.69. The van der Waals surface area contributed by atoms with Crippen LogP contribution in [0.5, 0.6) is 0 Å². The minimum absolute atomic E-state index is 0.134. The van der Waals surface area contributed by atoms with Crippen LogP contribution in [-0.2, 0) is 9.53 Å². The van der Waals surface area contributed by atoms with Gasteiger partial charge < -0.3 is 14.6 Å². The number of benzene rings is 3. The lowest BCUT2D eigenvalue weighted by Gasteiger charge is -2.18. The summed E-state index contributed by atoms with van der Waals surface area (Å²) >= 11 is 0. The summed E-state index contributed by atoms with van der Waals surface area (Å²) in [6, 6.07) is 24.9. The molecule has 0 aliphatic rings. The van der Waals surface area contributed by atoms with Crippen molar-refractivity contribution in [2.45, 2.75) is 26.3 Å². The molecule has 4 rings (SSSR count). The molecule has 0 bridgehead atoms. The molecule has 1 aromatic heterocycles. The number of halogens is 1. The van der Waals surface area contributed by atoms with E-state index in [9.17, 15) is 18.8 Å². The summed E-state index contributed by atoms with van der Waals surface area (Å²) in [5, 5.41) is 2.89. The maximum absolute atomic E-state index is 13.3. The summed E-state index contributed by atoms with van der Waals surface area (Å²) in [7, 11) is 0. The predicted molar refractivity (Wildman–Crippen MR) is 138 cm³/mol. The summed E-state index contributed by atoms with van der Waals surface area (Å²) in [6.45, 7) is 3.20. The maximum Gasteiger partial charge on any atom is 0.308 e. The van der Waals surface area contributed by atoms with Gasteiger partial charge in [-0.3, -0.25) is 14.4 Å². The van der Waals surface area contributed by atoms with E-state index in [0.29, 0.717) is 16.8 Å². The molecule has 37 heavy (non-hydrogen) atoms. The first-order valence-corrected chi connectivity index (χ1v) is 11.9. The Balaban J connectivity index is 1.43. The van der Waals surface area contributed by atoms with E-state index in [1.54, 1.807) is 49.4 Å². The van der Waals surface area contributed by atoms with Gasteiger partial charge in [0, 0.05) is 28.2 Å². The highest BCUT2D eigenvalue weighted by atomic mass is 19.1. The van der Waals surface area contributed by atoms with Gasteiger partial charge in [-0.15, -0.1) is 0 Å². The van der Waals surface area contributed by atoms with Gasteiger partial charge in [0.2, 0.25) is 5.78 Å². The highest BCUT2D eigenvalue weighted by molar-refractivity contribution is 5.99. The van der Waals surface area contributed by atoms with Crippen molar-refractivity contribution >= 4 is 17.7 Å². The van der Waals surface area contributed by atoms with Gasteiger partial charge >= 0.3 is 5.97 Å². The summed E-state index contributed by atoms with van der Waals surface area (Å²) in [5.41, 5.74) is 3.84. The van der Waals surface area contributed by atoms with Crippen LogP contribution >= 0.6 is 0 Å². The third-order valence-corrected chi connectivity index (χ3v) is 6.09. The van der Waals surface area contributed by atoms with Crippen molar-refractivity contribution in [3.8, 4) is 5.69 Å². The molecule has 0 radical (unpaired) electrons. The van der Waals surface area contributed by atoms with Gasteiger partial charge in [0.1, 0.15) is 5.82 Å². The third-order valence-electron chi connectivity index (χ3n) is 6.09. The molecule has 1 atom stereocenters. The van der Waals surface area contributed by atoms with E-state index in [0.717, 1.165) is 16.9 Å². The first-order chi connectivity index (χ1) is 17.8. The van der Waals surface area contributed by atoms with Gasteiger partial charge in [0.05, 0.1) is 12.5 Å². The van der Waals surface area contributed by atoms with E-state index in [1.165, 1.54) is 12.1 Å². The number of carbonyl (C=O) groups excluding carboxylic acids is 3. The molecule has 0 aliphatic heterocycles. The number of aryl methyl sites for hydroxylation is 1. The van der Waals surface area contributed by atoms with Gasteiger partial charge in [0.15, 0.2) is 6.61 Å². The second-order valence-electron chi connectivity index (χ2n) is 8.69. The van der Waals surface area contributed by atoms with E-state index in [4.69, 9.17) is 4.74 Å². The largest absolute Gasteiger partial charge is 0.457 e. The van der Waals surface area contributed by atoms with Crippen LogP contribution in [-0.4, -0.2) is 28.8 Å². The molecule has 0 fully saturated rings. The summed E-state index contributed by atoms with van der Waals surface area (Å²) in [6.07, 6.45) is -0.134. The highest BCUT2D eigenvalue weighted by Crippen LogP contribution is 2.22. The summed E-state index contributed by atoms with van der Waals surface area (Å²) < 4.78 is 20.5. The van der Waals surface area contributed by atoms with Gasteiger partial charge in [0.25, 0.3) is 5.91 Å².